The highest BCUT2D eigenvalue weighted by molar-refractivity contribution is 5.71. The molecule has 0 atom stereocenters. The van der Waals surface area contributed by atoms with E-state index in [1.165, 1.54) is 0 Å². The number of aryl methyl sites for hydroxylation is 2. The maximum absolute atomic E-state index is 10.3. The normalized spacial score (nSPS) is 10.0. The molecule has 0 amide bonds. The minimum atomic E-state index is 0.524. The van der Waals surface area contributed by atoms with Crippen LogP contribution in [-0.2, 0) is 6.54 Å². The van der Waals surface area contributed by atoms with Crippen LogP contribution in [-0.4, -0.2) is 15.8 Å². The number of carbonyl (C=O) groups excluding carboxylic acids is 1. The molecule has 11 heavy (non-hydrogen) atoms. The van der Waals surface area contributed by atoms with Crippen LogP contribution in [0.15, 0.2) is 6.20 Å². The van der Waals surface area contributed by atoms with Crippen molar-refractivity contribution in [1.82, 2.24) is 9.55 Å². The number of rotatable bonds is 3. The summed E-state index contributed by atoms with van der Waals surface area (Å²) in [5.41, 5.74) is 0.524. The molecular weight excluding hydrogens is 140 g/mol. The first-order valence-corrected chi connectivity index (χ1v) is 3.77. The third-order valence-corrected chi connectivity index (χ3v) is 1.58. The van der Waals surface area contributed by atoms with Crippen LogP contribution < -0.4 is 0 Å². The molecule has 0 bridgehead atoms. The van der Waals surface area contributed by atoms with Gasteiger partial charge in [-0.05, 0) is 13.3 Å². The zero-order chi connectivity index (χ0) is 8.27. The van der Waals surface area contributed by atoms with Crippen molar-refractivity contribution in [2.24, 2.45) is 0 Å². The molecular formula is C8H12N2O. The van der Waals surface area contributed by atoms with Gasteiger partial charge < -0.3 is 4.57 Å². The Balaban J connectivity index is 2.87. The molecule has 0 radical (unpaired) electrons. The summed E-state index contributed by atoms with van der Waals surface area (Å²) in [7, 11) is 0. The van der Waals surface area contributed by atoms with E-state index in [9.17, 15) is 4.79 Å². The van der Waals surface area contributed by atoms with Gasteiger partial charge in [0.05, 0.1) is 0 Å². The highest BCUT2D eigenvalue weighted by Crippen LogP contribution is 2.00. The Morgan fingerprint density at radius 2 is 2.45 bits per heavy atom. The Morgan fingerprint density at radius 1 is 1.73 bits per heavy atom. The summed E-state index contributed by atoms with van der Waals surface area (Å²) in [5, 5.41) is 0. The molecule has 1 aromatic heterocycles. The Hall–Kier alpha value is -1.12. The monoisotopic (exact) mass is 152 g/mol. The van der Waals surface area contributed by atoms with E-state index >= 15 is 0 Å². The lowest BCUT2D eigenvalue weighted by molar-refractivity contribution is 0.111. The molecule has 0 aromatic carbocycles. The molecule has 0 aliphatic rings. The number of aldehydes is 1. The number of aromatic nitrogens is 2. The predicted molar refractivity (Wildman–Crippen MR) is 42.6 cm³/mol. The van der Waals surface area contributed by atoms with Crippen molar-refractivity contribution in [3.8, 4) is 0 Å². The highest BCUT2D eigenvalue weighted by atomic mass is 16.1. The summed E-state index contributed by atoms with van der Waals surface area (Å²) in [6.07, 6.45) is 3.63. The minimum absolute atomic E-state index is 0.524. The van der Waals surface area contributed by atoms with Crippen LogP contribution in [0.2, 0.25) is 0 Å². The summed E-state index contributed by atoms with van der Waals surface area (Å²) < 4.78 is 1.99. The molecule has 0 N–H and O–H groups in total. The molecule has 0 unspecified atom stereocenters. The summed E-state index contributed by atoms with van der Waals surface area (Å²) in [6, 6.07) is 0. The van der Waals surface area contributed by atoms with Gasteiger partial charge in [-0.3, -0.25) is 4.79 Å². The second-order valence-electron chi connectivity index (χ2n) is 2.52. The molecule has 0 saturated carbocycles. The molecule has 0 aliphatic heterocycles. The van der Waals surface area contributed by atoms with Crippen LogP contribution in [0.5, 0.6) is 0 Å². The van der Waals surface area contributed by atoms with E-state index in [1.54, 1.807) is 6.20 Å². The fourth-order valence-corrected chi connectivity index (χ4v) is 1.06. The van der Waals surface area contributed by atoms with Gasteiger partial charge in [-0.2, -0.15) is 0 Å². The van der Waals surface area contributed by atoms with Crippen molar-refractivity contribution in [3.63, 3.8) is 0 Å². The van der Waals surface area contributed by atoms with Crippen molar-refractivity contribution in [3.05, 3.63) is 17.7 Å². The molecule has 0 aliphatic carbocycles. The van der Waals surface area contributed by atoms with E-state index in [4.69, 9.17) is 0 Å². The Bertz CT molecular complexity index is 253. The molecule has 0 saturated heterocycles. The number of hydrogen-bond donors (Lipinski definition) is 0. The van der Waals surface area contributed by atoms with Gasteiger partial charge in [0.15, 0.2) is 6.29 Å². The Kier molecular flexibility index (Phi) is 2.41. The quantitative estimate of drug-likeness (QED) is 0.614. The maximum Gasteiger partial charge on any atom is 0.170 e. The van der Waals surface area contributed by atoms with Gasteiger partial charge in [0.2, 0.25) is 0 Å². The average Bonchev–Trinajstić information content (AvgIpc) is 2.33. The molecule has 0 spiro atoms. The second-order valence-corrected chi connectivity index (χ2v) is 2.52. The van der Waals surface area contributed by atoms with Crippen LogP contribution in [0.4, 0.5) is 0 Å². The van der Waals surface area contributed by atoms with E-state index < -0.39 is 0 Å². The molecule has 1 heterocycles. The third-order valence-electron chi connectivity index (χ3n) is 1.58. The Labute approximate surface area is 66.1 Å². The average molecular weight is 152 g/mol. The van der Waals surface area contributed by atoms with Gasteiger partial charge >= 0.3 is 0 Å². The van der Waals surface area contributed by atoms with Gasteiger partial charge in [-0.25, -0.2) is 4.98 Å². The zero-order valence-electron chi connectivity index (χ0n) is 6.87. The van der Waals surface area contributed by atoms with Crippen molar-refractivity contribution >= 4 is 6.29 Å². The molecule has 0 fully saturated rings. The maximum atomic E-state index is 10.3. The lowest BCUT2D eigenvalue weighted by Gasteiger charge is -1.99. The van der Waals surface area contributed by atoms with Gasteiger partial charge in [0.25, 0.3) is 0 Å². The van der Waals surface area contributed by atoms with E-state index in [0.717, 1.165) is 25.1 Å². The van der Waals surface area contributed by atoms with Crippen LogP contribution in [0.3, 0.4) is 0 Å². The van der Waals surface area contributed by atoms with Crippen molar-refractivity contribution in [2.45, 2.75) is 26.8 Å². The first kappa shape index (κ1) is 7.98. The second kappa shape index (κ2) is 3.32. The number of imidazole rings is 1. The fraction of sp³-hybridized carbons (Fsp3) is 0.500. The van der Waals surface area contributed by atoms with Crippen molar-refractivity contribution in [1.29, 1.82) is 0 Å². The number of nitrogens with zero attached hydrogens (tertiary/aromatic N) is 2. The van der Waals surface area contributed by atoms with Gasteiger partial charge in [0.1, 0.15) is 11.5 Å². The zero-order valence-corrected chi connectivity index (χ0v) is 6.87. The summed E-state index contributed by atoms with van der Waals surface area (Å²) in [4.78, 5) is 14.3. The fourth-order valence-electron chi connectivity index (χ4n) is 1.06. The molecule has 1 aromatic rings. The number of carbonyl (C=O) groups is 1. The first-order valence-electron chi connectivity index (χ1n) is 3.77. The van der Waals surface area contributed by atoms with E-state index in [2.05, 4.69) is 11.9 Å². The molecule has 60 valence electrons. The largest absolute Gasteiger partial charge is 0.334 e. The highest BCUT2D eigenvalue weighted by Gasteiger charge is 2.00. The topological polar surface area (TPSA) is 34.9 Å². The van der Waals surface area contributed by atoms with Crippen LogP contribution in [0.25, 0.3) is 0 Å². The molecule has 3 heteroatoms. The van der Waals surface area contributed by atoms with Crippen molar-refractivity contribution in [2.75, 3.05) is 0 Å². The summed E-state index contributed by atoms with van der Waals surface area (Å²) in [5.74, 6) is 0.911. The minimum Gasteiger partial charge on any atom is -0.334 e. The van der Waals surface area contributed by atoms with E-state index in [0.29, 0.717) is 5.69 Å². The van der Waals surface area contributed by atoms with Crippen LogP contribution in [0, 0.1) is 6.92 Å². The number of hydrogen-bond acceptors (Lipinski definition) is 2. The first-order chi connectivity index (χ1) is 5.27. The third kappa shape index (κ3) is 1.67. The SMILES string of the molecule is CCCn1cc(C=O)nc1C. The van der Waals surface area contributed by atoms with Gasteiger partial charge in [0, 0.05) is 12.7 Å². The molecule has 1 rings (SSSR count). The van der Waals surface area contributed by atoms with Crippen LogP contribution >= 0.6 is 0 Å². The molecule has 3 nitrogen and oxygen atoms in total. The standard InChI is InChI=1S/C8H12N2O/c1-3-4-10-5-8(6-11)9-7(10)2/h5-6H,3-4H2,1-2H3. The Morgan fingerprint density at radius 3 is 2.91 bits per heavy atom. The smallest absolute Gasteiger partial charge is 0.170 e. The summed E-state index contributed by atoms with van der Waals surface area (Å²) >= 11 is 0. The predicted octanol–water partition coefficient (Wildman–Crippen LogP) is 1.41. The van der Waals surface area contributed by atoms with Crippen molar-refractivity contribution < 1.29 is 4.79 Å². The van der Waals surface area contributed by atoms with E-state index in [-0.39, 0.29) is 0 Å². The van der Waals surface area contributed by atoms with E-state index in [1.807, 2.05) is 11.5 Å². The van der Waals surface area contributed by atoms with Gasteiger partial charge in [-0.15, -0.1) is 0 Å². The lowest BCUT2D eigenvalue weighted by Crippen LogP contribution is -1.96. The lowest BCUT2D eigenvalue weighted by atomic mass is 10.4. The van der Waals surface area contributed by atoms with Crippen LogP contribution in [0.1, 0.15) is 29.7 Å². The summed E-state index contributed by atoms with van der Waals surface area (Å²) in [6.45, 7) is 4.94. The van der Waals surface area contributed by atoms with Gasteiger partial charge in [-0.1, -0.05) is 6.92 Å².